The molecule has 126 valence electrons. The molecule has 0 fully saturated rings. The first-order valence-electron chi connectivity index (χ1n) is 7.17. The second kappa shape index (κ2) is 6.73. The summed E-state index contributed by atoms with van der Waals surface area (Å²) in [7, 11) is 0. The van der Waals surface area contributed by atoms with Crippen LogP contribution >= 0.6 is 11.8 Å². The molecule has 1 N–H and O–H groups in total. The van der Waals surface area contributed by atoms with Crippen LogP contribution in [0.4, 0.5) is 11.4 Å². The highest BCUT2D eigenvalue weighted by Crippen LogP contribution is 2.32. The van der Waals surface area contributed by atoms with E-state index in [-0.39, 0.29) is 10.9 Å². The van der Waals surface area contributed by atoms with Crippen LogP contribution in [-0.4, -0.2) is 20.2 Å². The molecule has 0 saturated heterocycles. The van der Waals surface area contributed by atoms with Gasteiger partial charge in [-0.05, 0) is 36.4 Å². The number of benzene rings is 1. The predicted octanol–water partition coefficient (Wildman–Crippen LogP) is 2.71. The molecular formula is C16H12N4O4S. The van der Waals surface area contributed by atoms with Crippen molar-refractivity contribution in [3.8, 4) is 0 Å². The molecule has 3 aromatic rings. The second-order valence-electron chi connectivity index (χ2n) is 5.06. The third kappa shape index (κ3) is 3.50. The highest BCUT2D eigenvalue weighted by molar-refractivity contribution is 7.99. The van der Waals surface area contributed by atoms with Crippen molar-refractivity contribution in [2.45, 2.75) is 16.8 Å². The Bertz CT molecular complexity index is 1030. The number of pyridine rings is 1. The number of carbonyl (C=O) groups is 1. The Kier molecular flexibility index (Phi) is 4.48. The fourth-order valence-corrected chi connectivity index (χ4v) is 3.10. The third-order valence-electron chi connectivity index (χ3n) is 3.25. The van der Waals surface area contributed by atoms with Gasteiger partial charge in [-0.15, -0.1) is 0 Å². The Morgan fingerprint density at radius 1 is 1.24 bits per heavy atom. The minimum absolute atomic E-state index is 0.0217. The van der Waals surface area contributed by atoms with Crippen molar-refractivity contribution < 1.29 is 9.72 Å². The molecular weight excluding hydrogens is 344 g/mol. The molecule has 0 radical (unpaired) electrons. The van der Waals surface area contributed by atoms with E-state index in [1.165, 1.54) is 13.1 Å². The molecule has 1 amide bonds. The van der Waals surface area contributed by atoms with E-state index >= 15 is 0 Å². The molecule has 0 saturated carbocycles. The average molecular weight is 356 g/mol. The highest BCUT2D eigenvalue weighted by Gasteiger charge is 2.24. The molecule has 9 heteroatoms. The lowest BCUT2D eigenvalue weighted by molar-refractivity contribution is -0.389. The van der Waals surface area contributed by atoms with Gasteiger partial charge in [0.2, 0.25) is 5.91 Å². The molecule has 8 nitrogen and oxygen atoms in total. The lowest BCUT2D eigenvalue weighted by Gasteiger charge is -2.06. The molecule has 2 heterocycles. The monoisotopic (exact) mass is 356 g/mol. The molecule has 0 bridgehead atoms. The molecule has 0 aliphatic carbocycles. The van der Waals surface area contributed by atoms with Gasteiger partial charge in [0.25, 0.3) is 0 Å². The maximum Gasteiger partial charge on any atom is 0.366 e. The number of rotatable bonds is 4. The number of hydrogen-bond donors (Lipinski definition) is 1. The first-order chi connectivity index (χ1) is 12.0. The molecule has 1 aromatic carbocycles. The summed E-state index contributed by atoms with van der Waals surface area (Å²) < 4.78 is 1.14. The summed E-state index contributed by atoms with van der Waals surface area (Å²) in [5, 5.41) is 14.0. The normalized spacial score (nSPS) is 10.6. The molecule has 25 heavy (non-hydrogen) atoms. The zero-order valence-corrected chi connectivity index (χ0v) is 13.8. The van der Waals surface area contributed by atoms with Gasteiger partial charge >= 0.3 is 11.2 Å². The van der Waals surface area contributed by atoms with E-state index in [1.807, 2.05) is 0 Å². The quantitative estimate of drug-likeness (QED) is 0.438. The lowest BCUT2D eigenvalue weighted by atomic mass is 10.3. The van der Waals surface area contributed by atoms with Gasteiger partial charge in [0.05, 0.1) is 4.92 Å². The molecule has 0 aliphatic heterocycles. The van der Waals surface area contributed by atoms with Crippen LogP contribution in [0.3, 0.4) is 0 Å². The summed E-state index contributed by atoms with van der Waals surface area (Å²) in [4.78, 5) is 38.9. The minimum Gasteiger partial charge on any atom is -0.326 e. The number of amides is 1. The van der Waals surface area contributed by atoms with Crippen LogP contribution in [0.5, 0.6) is 0 Å². The molecule has 3 rings (SSSR count). The predicted molar refractivity (Wildman–Crippen MR) is 93.0 cm³/mol. The Balaban J connectivity index is 2.03. The summed E-state index contributed by atoms with van der Waals surface area (Å²) >= 11 is 1.02. The van der Waals surface area contributed by atoms with Crippen molar-refractivity contribution in [2.75, 3.05) is 5.32 Å². The Morgan fingerprint density at radius 3 is 2.60 bits per heavy atom. The Morgan fingerprint density at radius 2 is 1.96 bits per heavy atom. The van der Waals surface area contributed by atoms with Crippen LogP contribution in [0, 0.1) is 10.1 Å². The van der Waals surface area contributed by atoms with Crippen LogP contribution in [0.1, 0.15) is 6.92 Å². The van der Waals surface area contributed by atoms with Crippen LogP contribution in [-0.2, 0) is 4.79 Å². The van der Waals surface area contributed by atoms with E-state index in [9.17, 15) is 19.7 Å². The summed E-state index contributed by atoms with van der Waals surface area (Å²) in [5.41, 5.74) is -0.360. The zero-order chi connectivity index (χ0) is 18.0. The van der Waals surface area contributed by atoms with Gasteiger partial charge in [0.1, 0.15) is 5.65 Å². The van der Waals surface area contributed by atoms with Gasteiger partial charge in [0, 0.05) is 23.7 Å². The number of anilines is 1. The van der Waals surface area contributed by atoms with Gasteiger partial charge in [0.15, 0.2) is 5.03 Å². The maximum absolute atomic E-state index is 12.4. The van der Waals surface area contributed by atoms with Gasteiger partial charge < -0.3 is 5.32 Å². The molecule has 0 atom stereocenters. The highest BCUT2D eigenvalue weighted by atomic mass is 32.2. The molecule has 0 spiro atoms. The standard InChI is InChI=1S/C16H12N4O4S/c1-10(21)17-11-5-7-12(8-6-11)25-15-14(20(23)24)16(22)19-9-3-2-4-13(19)18-15/h2-9H,1H3,(H,17,21). The SMILES string of the molecule is CC(=O)Nc1ccc(Sc2nc3ccccn3c(=O)c2[N+](=O)[O-])cc1. The first kappa shape index (κ1) is 16.7. The first-order valence-corrected chi connectivity index (χ1v) is 7.98. The second-order valence-corrected chi connectivity index (χ2v) is 6.13. The van der Waals surface area contributed by atoms with E-state index in [1.54, 1.807) is 42.5 Å². The number of carbonyl (C=O) groups excluding carboxylic acids is 1. The Hall–Kier alpha value is -3.20. The summed E-state index contributed by atoms with van der Waals surface area (Å²) in [6.07, 6.45) is 1.44. The number of nitrogens with one attached hydrogen (secondary N) is 1. The fraction of sp³-hybridized carbons (Fsp3) is 0.0625. The van der Waals surface area contributed by atoms with E-state index in [4.69, 9.17) is 0 Å². The van der Waals surface area contributed by atoms with Crippen LogP contribution in [0.2, 0.25) is 0 Å². The van der Waals surface area contributed by atoms with Crippen molar-refractivity contribution >= 4 is 34.7 Å². The number of nitro groups is 1. The number of aromatic nitrogens is 2. The number of fused-ring (bicyclic) bond motifs is 1. The smallest absolute Gasteiger partial charge is 0.326 e. The molecule has 0 unspecified atom stereocenters. The summed E-state index contributed by atoms with van der Waals surface area (Å²) in [6.45, 7) is 1.40. The summed E-state index contributed by atoms with van der Waals surface area (Å²) in [6, 6.07) is 11.6. The van der Waals surface area contributed by atoms with Gasteiger partial charge in [-0.1, -0.05) is 17.8 Å². The van der Waals surface area contributed by atoms with Gasteiger partial charge in [-0.2, -0.15) is 0 Å². The van der Waals surface area contributed by atoms with Crippen molar-refractivity contribution in [1.82, 2.24) is 9.38 Å². The fourth-order valence-electron chi connectivity index (χ4n) is 2.21. The van der Waals surface area contributed by atoms with Gasteiger partial charge in [-0.3, -0.25) is 24.1 Å². The third-order valence-corrected chi connectivity index (χ3v) is 4.24. The molecule has 2 aromatic heterocycles. The van der Waals surface area contributed by atoms with E-state index in [2.05, 4.69) is 10.3 Å². The van der Waals surface area contributed by atoms with E-state index in [0.717, 1.165) is 16.2 Å². The topological polar surface area (TPSA) is 107 Å². The van der Waals surface area contributed by atoms with Crippen LogP contribution in [0.25, 0.3) is 5.65 Å². The summed E-state index contributed by atoms with van der Waals surface area (Å²) in [5.74, 6) is -0.194. The van der Waals surface area contributed by atoms with Crippen LogP contribution in [0.15, 0.2) is 63.4 Å². The van der Waals surface area contributed by atoms with Crippen molar-refractivity contribution in [3.05, 3.63) is 69.1 Å². The number of hydrogen-bond acceptors (Lipinski definition) is 6. The maximum atomic E-state index is 12.4. The van der Waals surface area contributed by atoms with Gasteiger partial charge in [-0.25, -0.2) is 4.98 Å². The zero-order valence-electron chi connectivity index (χ0n) is 13.0. The molecule has 0 aliphatic rings. The van der Waals surface area contributed by atoms with Crippen LogP contribution < -0.4 is 10.9 Å². The average Bonchev–Trinajstić information content (AvgIpc) is 2.56. The largest absolute Gasteiger partial charge is 0.366 e. The Labute approximate surface area is 145 Å². The van der Waals surface area contributed by atoms with E-state index in [0.29, 0.717) is 16.2 Å². The minimum atomic E-state index is -0.729. The number of nitrogens with zero attached hydrogens (tertiary/aromatic N) is 3. The van der Waals surface area contributed by atoms with Crippen molar-refractivity contribution in [2.24, 2.45) is 0 Å². The lowest BCUT2D eigenvalue weighted by Crippen LogP contribution is -2.19. The van der Waals surface area contributed by atoms with E-state index < -0.39 is 16.2 Å². The van der Waals surface area contributed by atoms with Crippen molar-refractivity contribution in [3.63, 3.8) is 0 Å². The van der Waals surface area contributed by atoms with Crippen molar-refractivity contribution in [1.29, 1.82) is 0 Å².